The van der Waals surface area contributed by atoms with E-state index < -0.39 is 17.7 Å². The Balaban J connectivity index is 0.000000345. The predicted octanol–water partition coefficient (Wildman–Crippen LogP) is 4.08. The number of alkyl halides is 3. The van der Waals surface area contributed by atoms with Gasteiger partial charge in [0, 0.05) is 5.56 Å². The maximum atomic E-state index is 12.3. The zero-order valence-electron chi connectivity index (χ0n) is 16.0. The Morgan fingerprint density at radius 1 is 1.04 bits per heavy atom. The van der Waals surface area contributed by atoms with Crippen LogP contribution in [-0.2, 0) is 6.18 Å². The van der Waals surface area contributed by atoms with E-state index in [4.69, 9.17) is 0 Å². The van der Waals surface area contributed by atoms with Crippen LogP contribution in [0.4, 0.5) is 13.2 Å². The van der Waals surface area contributed by atoms with Gasteiger partial charge in [0.15, 0.2) is 0 Å². The zero-order valence-corrected chi connectivity index (χ0v) is 16.8. The first kappa shape index (κ1) is 23.1. The van der Waals surface area contributed by atoms with Crippen LogP contribution in [0.25, 0.3) is 11.3 Å². The summed E-state index contributed by atoms with van der Waals surface area (Å²) in [6.45, 7) is 14.2. The molecule has 0 fully saturated rings. The Hall–Kier alpha value is -1.93. The lowest BCUT2D eigenvalue weighted by Gasteiger charge is -2.34. The first-order chi connectivity index (χ1) is 12.6. The van der Waals surface area contributed by atoms with Gasteiger partial charge in [0.2, 0.25) is 0 Å². The van der Waals surface area contributed by atoms with Crippen LogP contribution in [-0.4, -0.2) is 41.0 Å². The summed E-state index contributed by atoms with van der Waals surface area (Å²) in [6.07, 6.45) is -4.39. The Morgan fingerprint density at radius 2 is 1.52 bits per heavy atom. The van der Waals surface area contributed by atoms with Crippen molar-refractivity contribution in [2.75, 3.05) is 26.2 Å². The standard InChI is InChI=1S/C11H6F3NO2S.C8H20N/c12-11(13,14)7-3-1-6(2-4-7)8-5-9(10(16)17)18-15-8;1-5-9(6-2,7-3)8-4/h1-5H,(H,16,17);5-8H2,1-4H3/q;+1/p-1. The molecule has 0 unspecified atom stereocenters. The highest BCUT2D eigenvalue weighted by atomic mass is 32.1. The fourth-order valence-electron chi connectivity index (χ4n) is 2.68. The smallest absolute Gasteiger partial charge is 0.416 e. The molecule has 0 bridgehead atoms. The monoisotopic (exact) mass is 402 g/mol. The number of carboxylic acids is 1. The average Bonchev–Trinajstić information content (AvgIpc) is 3.15. The number of aromatic carboxylic acids is 1. The normalized spacial score (nSPS) is 11.7. The first-order valence-corrected chi connectivity index (χ1v) is 9.60. The number of quaternary nitrogens is 1. The number of rotatable bonds is 6. The van der Waals surface area contributed by atoms with E-state index in [1.54, 1.807) is 0 Å². The molecule has 8 heteroatoms. The van der Waals surface area contributed by atoms with Gasteiger partial charge in [-0.1, -0.05) is 12.1 Å². The van der Waals surface area contributed by atoms with E-state index >= 15 is 0 Å². The predicted molar refractivity (Wildman–Crippen MR) is 99.3 cm³/mol. The average molecular weight is 402 g/mol. The SMILES string of the molecule is CC[N+](CC)(CC)CC.O=C([O-])c1cc(-c2ccc(C(F)(F)F)cc2)ns1. The van der Waals surface area contributed by atoms with Crippen LogP contribution in [0.3, 0.4) is 0 Å². The maximum Gasteiger partial charge on any atom is 0.416 e. The molecular formula is C19H25F3N2O2S. The number of carboxylic acid groups (broad SMARTS) is 1. The van der Waals surface area contributed by atoms with Crippen molar-refractivity contribution in [1.29, 1.82) is 0 Å². The molecule has 2 aromatic rings. The Bertz CT molecular complexity index is 706. The molecule has 150 valence electrons. The molecule has 0 saturated carbocycles. The summed E-state index contributed by atoms with van der Waals surface area (Å²) in [5.74, 6) is -1.36. The van der Waals surface area contributed by atoms with Crippen LogP contribution in [0.15, 0.2) is 30.3 Å². The van der Waals surface area contributed by atoms with Gasteiger partial charge >= 0.3 is 6.18 Å². The van der Waals surface area contributed by atoms with E-state index in [1.807, 2.05) is 0 Å². The molecule has 27 heavy (non-hydrogen) atoms. The highest BCUT2D eigenvalue weighted by molar-refractivity contribution is 7.08. The van der Waals surface area contributed by atoms with E-state index in [-0.39, 0.29) is 4.88 Å². The van der Waals surface area contributed by atoms with Crippen molar-refractivity contribution in [2.45, 2.75) is 33.9 Å². The molecule has 1 aromatic heterocycles. The molecule has 0 N–H and O–H groups in total. The van der Waals surface area contributed by atoms with Gasteiger partial charge in [-0.2, -0.15) is 17.5 Å². The quantitative estimate of drug-likeness (QED) is 0.685. The van der Waals surface area contributed by atoms with Crippen LogP contribution in [0.2, 0.25) is 0 Å². The molecule has 0 spiro atoms. The third kappa shape index (κ3) is 6.32. The molecule has 0 atom stereocenters. The Labute approximate surface area is 162 Å². The molecule has 0 radical (unpaired) electrons. The molecule has 0 aliphatic heterocycles. The fourth-order valence-corrected chi connectivity index (χ4v) is 3.27. The lowest BCUT2D eigenvalue weighted by Crippen LogP contribution is -2.47. The van der Waals surface area contributed by atoms with Gasteiger partial charge in [-0.3, -0.25) is 0 Å². The molecule has 0 amide bonds. The summed E-state index contributed by atoms with van der Waals surface area (Å²) >= 11 is 0.728. The second-order valence-corrected chi connectivity index (χ2v) is 6.85. The van der Waals surface area contributed by atoms with Gasteiger partial charge in [-0.25, -0.2) is 0 Å². The Kier molecular flexibility index (Phi) is 8.43. The van der Waals surface area contributed by atoms with Crippen molar-refractivity contribution in [2.24, 2.45) is 0 Å². The third-order valence-corrected chi connectivity index (χ3v) is 5.67. The van der Waals surface area contributed by atoms with Gasteiger partial charge in [-0.15, -0.1) is 0 Å². The number of hydrogen-bond acceptors (Lipinski definition) is 4. The number of aromatic nitrogens is 1. The van der Waals surface area contributed by atoms with E-state index in [1.165, 1.54) is 48.9 Å². The summed E-state index contributed by atoms with van der Waals surface area (Å²) in [6, 6.07) is 5.61. The molecule has 0 aliphatic carbocycles. The number of halogens is 3. The van der Waals surface area contributed by atoms with E-state index in [0.717, 1.165) is 23.7 Å². The molecule has 4 nitrogen and oxygen atoms in total. The van der Waals surface area contributed by atoms with Crippen LogP contribution in [0.1, 0.15) is 42.9 Å². The lowest BCUT2D eigenvalue weighted by molar-refractivity contribution is -0.921. The molecule has 1 aromatic carbocycles. The van der Waals surface area contributed by atoms with Crippen LogP contribution in [0, 0.1) is 0 Å². The minimum atomic E-state index is -4.39. The largest absolute Gasteiger partial charge is 0.544 e. The number of carbonyl (C=O) groups is 1. The topological polar surface area (TPSA) is 53.0 Å². The summed E-state index contributed by atoms with van der Waals surface area (Å²) < 4.78 is 42.1. The van der Waals surface area contributed by atoms with E-state index in [0.29, 0.717) is 11.3 Å². The summed E-state index contributed by atoms with van der Waals surface area (Å²) in [5.41, 5.74) is -0.0266. The second kappa shape index (κ2) is 9.85. The minimum Gasteiger partial charge on any atom is -0.544 e. The summed E-state index contributed by atoms with van der Waals surface area (Å²) in [5, 5.41) is 10.5. The highest BCUT2D eigenvalue weighted by Gasteiger charge is 2.30. The molecule has 2 rings (SSSR count). The first-order valence-electron chi connectivity index (χ1n) is 8.83. The lowest BCUT2D eigenvalue weighted by atomic mass is 10.1. The van der Waals surface area contributed by atoms with E-state index in [2.05, 4.69) is 32.1 Å². The Morgan fingerprint density at radius 3 is 1.81 bits per heavy atom. The van der Waals surface area contributed by atoms with Crippen molar-refractivity contribution < 1.29 is 27.6 Å². The highest BCUT2D eigenvalue weighted by Crippen LogP contribution is 2.31. The van der Waals surface area contributed by atoms with Gasteiger partial charge in [-0.05, 0) is 57.4 Å². The van der Waals surface area contributed by atoms with Crippen LogP contribution in [0.5, 0.6) is 0 Å². The van der Waals surface area contributed by atoms with Gasteiger partial charge in [0.05, 0.1) is 48.3 Å². The van der Waals surface area contributed by atoms with E-state index in [9.17, 15) is 23.1 Å². The summed E-state index contributed by atoms with van der Waals surface area (Å²) in [7, 11) is 0. The van der Waals surface area contributed by atoms with Crippen molar-refractivity contribution >= 4 is 17.5 Å². The molecule has 0 saturated heterocycles. The maximum absolute atomic E-state index is 12.3. The molecular weight excluding hydrogens is 377 g/mol. The van der Waals surface area contributed by atoms with Crippen LogP contribution >= 0.6 is 11.5 Å². The van der Waals surface area contributed by atoms with Crippen molar-refractivity contribution in [3.05, 3.63) is 40.8 Å². The van der Waals surface area contributed by atoms with Crippen molar-refractivity contribution in [1.82, 2.24) is 4.37 Å². The molecule has 1 heterocycles. The second-order valence-electron chi connectivity index (χ2n) is 6.05. The van der Waals surface area contributed by atoms with Gasteiger partial charge in [0.25, 0.3) is 0 Å². The number of carbonyl (C=O) groups excluding carboxylic acids is 1. The zero-order chi connectivity index (χ0) is 20.7. The summed E-state index contributed by atoms with van der Waals surface area (Å²) in [4.78, 5) is 10.5. The minimum absolute atomic E-state index is 0.0649. The molecule has 0 aliphatic rings. The third-order valence-electron chi connectivity index (χ3n) is 4.90. The fraction of sp³-hybridized carbons (Fsp3) is 0.474. The van der Waals surface area contributed by atoms with Crippen LogP contribution < -0.4 is 5.11 Å². The number of nitrogens with zero attached hydrogens (tertiary/aromatic N) is 2. The van der Waals surface area contributed by atoms with Crippen molar-refractivity contribution in [3.8, 4) is 11.3 Å². The number of benzene rings is 1. The van der Waals surface area contributed by atoms with Crippen molar-refractivity contribution in [3.63, 3.8) is 0 Å². The van der Waals surface area contributed by atoms with Gasteiger partial charge in [0.1, 0.15) is 0 Å². The van der Waals surface area contributed by atoms with Gasteiger partial charge < -0.3 is 14.4 Å². The number of hydrogen-bond donors (Lipinski definition) is 0.